The number of rotatable bonds is 5. The van der Waals surface area contributed by atoms with Crippen LogP contribution in [0.5, 0.6) is 0 Å². The summed E-state index contributed by atoms with van der Waals surface area (Å²) in [7, 11) is 0. The predicted molar refractivity (Wildman–Crippen MR) is 112 cm³/mol. The molecule has 0 radical (unpaired) electrons. The van der Waals surface area contributed by atoms with Crippen LogP contribution < -0.4 is 4.72 Å². The molecule has 0 aliphatic carbocycles. The van der Waals surface area contributed by atoms with E-state index < -0.39 is 11.7 Å². The molecule has 1 aliphatic heterocycles. The molecular formula is C19H20F3N7O2S. The number of carbonyl (C=O) groups is 1. The number of carbonyl (C=O) groups excluding carboxylic acids is 1. The summed E-state index contributed by atoms with van der Waals surface area (Å²) in [6.45, 7) is 2.48. The van der Waals surface area contributed by atoms with Crippen molar-refractivity contribution in [2.24, 2.45) is 0 Å². The van der Waals surface area contributed by atoms with Gasteiger partial charge in [0, 0.05) is 56.8 Å². The molecule has 1 aliphatic rings. The van der Waals surface area contributed by atoms with Gasteiger partial charge in [-0.05, 0) is 17.7 Å². The van der Waals surface area contributed by atoms with Gasteiger partial charge >= 0.3 is 12.2 Å². The molecule has 1 saturated heterocycles. The van der Waals surface area contributed by atoms with Gasteiger partial charge < -0.3 is 14.1 Å². The van der Waals surface area contributed by atoms with Crippen molar-refractivity contribution in [3.8, 4) is 11.4 Å². The van der Waals surface area contributed by atoms with Crippen LogP contribution >= 0.6 is 11.9 Å². The van der Waals surface area contributed by atoms with Gasteiger partial charge in [-0.1, -0.05) is 23.2 Å². The fourth-order valence-corrected chi connectivity index (χ4v) is 3.78. The number of piperazine rings is 1. The molecule has 0 bridgehead atoms. The van der Waals surface area contributed by atoms with E-state index in [0.717, 1.165) is 18.5 Å². The van der Waals surface area contributed by atoms with Gasteiger partial charge in [0.25, 0.3) is 0 Å². The second-order valence-corrected chi connectivity index (χ2v) is 7.73. The number of halogens is 3. The lowest BCUT2D eigenvalue weighted by molar-refractivity contribution is -0.137. The summed E-state index contributed by atoms with van der Waals surface area (Å²) < 4.78 is 48.5. The number of nitrogens with zero attached hydrogens (tertiary/aromatic N) is 6. The van der Waals surface area contributed by atoms with E-state index in [1.54, 1.807) is 17.2 Å². The van der Waals surface area contributed by atoms with Crippen LogP contribution in [0.3, 0.4) is 0 Å². The first kappa shape index (κ1) is 22.1. The number of aromatic nitrogens is 4. The first-order valence-electron chi connectivity index (χ1n) is 9.68. The Morgan fingerprint density at radius 2 is 2.00 bits per heavy atom. The van der Waals surface area contributed by atoms with Gasteiger partial charge in [0.15, 0.2) is 5.82 Å². The summed E-state index contributed by atoms with van der Waals surface area (Å²) in [4.78, 5) is 20.3. The van der Waals surface area contributed by atoms with Gasteiger partial charge in [-0.25, -0.2) is 4.79 Å². The van der Waals surface area contributed by atoms with Crippen molar-refractivity contribution in [2.75, 3.05) is 37.2 Å². The monoisotopic (exact) mass is 467 g/mol. The zero-order valence-electron chi connectivity index (χ0n) is 17.0. The third-order valence-electron chi connectivity index (χ3n) is 5.07. The largest absolute Gasteiger partial charge is 0.416 e. The number of anilines is 1. The fraction of sp³-hybridized carbons (Fsp3) is 0.368. The maximum atomic E-state index is 13.2. The summed E-state index contributed by atoms with van der Waals surface area (Å²) in [6, 6.07) is 5.03. The van der Waals surface area contributed by atoms with Crippen LogP contribution in [0.1, 0.15) is 11.1 Å². The van der Waals surface area contributed by atoms with Crippen molar-refractivity contribution in [1.82, 2.24) is 29.7 Å². The smallest absolute Gasteiger partial charge is 0.342 e. The molecule has 1 fully saturated rings. The second kappa shape index (κ2) is 9.20. The molecule has 13 heteroatoms. The van der Waals surface area contributed by atoms with Crippen molar-refractivity contribution in [3.05, 3.63) is 48.0 Å². The summed E-state index contributed by atoms with van der Waals surface area (Å²) in [6.07, 6.45) is 0.0767. The van der Waals surface area contributed by atoms with Crippen molar-refractivity contribution in [3.63, 3.8) is 0 Å². The second-order valence-electron chi connectivity index (χ2n) is 7.12. The van der Waals surface area contributed by atoms with Crippen LogP contribution in [0.2, 0.25) is 0 Å². The molecule has 2 aromatic heterocycles. The van der Waals surface area contributed by atoms with E-state index in [2.05, 4.69) is 24.9 Å². The quantitative estimate of drug-likeness (QED) is 0.571. The highest BCUT2D eigenvalue weighted by Crippen LogP contribution is 2.33. The van der Waals surface area contributed by atoms with E-state index in [0.29, 0.717) is 44.1 Å². The Balaban J connectivity index is 1.43. The van der Waals surface area contributed by atoms with E-state index in [9.17, 15) is 18.0 Å². The normalized spacial score (nSPS) is 15.2. The SMILES string of the molecule is CSNc1ccn(C(=O)N2CCN(Cc3ccc(C(F)(F)F)cc3-c3ncon3)CC2)n1. The van der Waals surface area contributed by atoms with Gasteiger partial charge in [0.05, 0.1) is 5.56 Å². The van der Waals surface area contributed by atoms with Gasteiger partial charge in [-0.3, -0.25) is 4.90 Å². The Morgan fingerprint density at radius 1 is 1.22 bits per heavy atom. The zero-order chi connectivity index (χ0) is 22.7. The summed E-state index contributed by atoms with van der Waals surface area (Å²) in [5, 5.41) is 7.90. The summed E-state index contributed by atoms with van der Waals surface area (Å²) in [5.41, 5.74) is 0.155. The minimum Gasteiger partial charge on any atom is -0.342 e. The maximum Gasteiger partial charge on any atom is 0.416 e. The Kier molecular flexibility index (Phi) is 6.37. The third-order valence-corrected chi connectivity index (χ3v) is 5.48. The number of hydrogen-bond donors (Lipinski definition) is 1. The Hall–Kier alpha value is -3.06. The van der Waals surface area contributed by atoms with Crippen molar-refractivity contribution >= 4 is 23.8 Å². The molecule has 3 heterocycles. The van der Waals surface area contributed by atoms with Crippen molar-refractivity contribution < 1.29 is 22.5 Å². The first-order chi connectivity index (χ1) is 15.3. The van der Waals surface area contributed by atoms with E-state index >= 15 is 0 Å². The van der Waals surface area contributed by atoms with E-state index in [1.165, 1.54) is 22.7 Å². The molecule has 1 N–H and O–H groups in total. The van der Waals surface area contributed by atoms with Crippen LogP contribution in [0, 0.1) is 0 Å². The van der Waals surface area contributed by atoms with E-state index in [4.69, 9.17) is 4.52 Å². The predicted octanol–water partition coefficient (Wildman–Crippen LogP) is 3.43. The molecule has 3 aromatic rings. The molecule has 1 aromatic carbocycles. The summed E-state index contributed by atoms with van der Waals surface area (Å²) in [5.74, 6) is 0.703. The summed E-state index contributed by atoms with van der Waals surface area (Å²) >= 11 is 1.38. The number of hydrogen-bond acceptors (Lipinski definition) is 8. The van der Waals surface area contributed by atoms with Crippen LogP contribution in [0.4, 0.5) is 23.8 Å². The molecule has 0 atom stereocenters. The number of nitrogens with one attached hydrogen (secondary N) is 1. The highest BCUT2D eigenvalue weighted by atomic mass is 32.2. The van der Waals surface area contributed by atoms with Gasteiger partial charge in [-0.15, -0.1) is 5.10 Å². The zero-order valence-corrected chi connectivity index (χ0v) is 17.9. The minimum absolute atomic E-state index is 0.105. The maximum absolute atomic E-state index is 13.2. The molecule has 9 nitrogen and oxygen atoms in total. The Bertz CT molecular complexity index is 1060. The number of alkyl halides is 3. The van der Waals surface area contributed by atoms with Crippen LogP contribution in [-0.4, -0.2) is 68.2 Å². The molecule has 32 heavy (non-hydrogen) atoms. The third kappa shape index (κ3) is 4.88. The molecule has 1 amide bonds. The molecule has 170 valence electrons. The highest BCUT2D eigenvalue weighted by Gasteiger charge is 2.32. The fourth-order valence-electron chi connectivity index (χ4n) is 3.46. The van der Waals surface area contributed by atoms with Crippen LogP contribution in [0.25, 0.3) is 11.4 Å². The molecular weight excluding hydrogens is 447 g/mol. The molecule has 0 spiro atoms. The number of benzene rings is 1. The minimum atomic E-state index is -4.47. The Labute approximate surface area is 185 Å². The molecule has 0 unspecified atom stereocenters. The average Bonchev–Trinajstić information content (AvgIpc) is 3.46. The first-order valence-corrected chi connectivity index (χ1v) is 10.9. The topological polar surface area (TPSA) is 92.3 Å². The van der Waals surface area contributed by atoms with Crippen LogP contribution in [-0.2, 0) is 12.7 Å². The molecule has 4 rings (SSSR count). The van der Waals surface area contributed by atoms with Gasteiger partial charge in [-0.2, -0.15) is 22.8 Å². The van der Waals surface area contributed by atoms with Gasteiger partial charge in [0.2, 0.25) is 12.2 Å². The lowest BCUT2D eigenvalue weighted by Gasteiger charge is -2.34. The average molecular weight is 467 g/mol. The van der Waals surface area contributed by atoms with Crippen LogP contribution in [0.15, 0.2) is 41.4 Å². The standard InChI is InChI=1S/C19H20F3N7O2S/c1-32-26-16-4-5-29(24-16)18(30)28-8-6-27(7-9-28)11-13-2-3-14(19(20,21)22)10-15(13)17-23-12-31-25-17/h2-5,10,12H,6-9,11H2,1H3,(H,24,26). The lowest BCUT2D eigenvalue weighted by atomic mass is 10.0. The van der Waals surface area contributed by atoms with E-state index in [1.807, 2.05) is 6.26 Å². The van der Waals surface area contributed by atoms with Crippen molar-refractivity contribution in [2.45, 2.75) is 12.7 Å². The lowest BCUT2D eigenvalue weighted by Crippen LogP contribution is -2.49. The Morgan fingerprint density at radius 3 is 2.66 bits per heavy atom. The van der Waals surface area contributed by atoms with Gasteiger partial charge in [0.1, 0.15) is 0 Å². The highest BCUT2D eigenvalue weighted by molar-refractivity contribution is 7.99. The van der Waals surface area contributed by atoms with E-state index in [-0.39, 0.29) is 17.4 Å². The number of amides is 1. The molecule has 0 saturated carbocycles. The van der Waals surface area contributed by atoms with Crippen molar-refractivity contribution in [1.29, 1.82) is 0 Å².